The molecule has 1 aromatic carbocycles. The first-order chi connectivity index (χ1) is 11.9. The van der Waals surface area contributed by atoms with Gasteiger partial charge in [-0.3, -0.25) is 9.78 Å². The van der Waals surface area contributed by atoms with E-state index in [1.807, 2.05) is 0 Å². The fourth-order valence-electron chi connectivity index (χ4n) is 2.32. The van der Waals surface area contributed by atoms with E-state index >= 15 is 0 Å². The van der Waals surface area contributed by atoms with E-state index in [4.69, 9.17) is 11.6 Å². The van der Waals surface area contributed by atoms with E-state index in [0.29, 0.717) is 18.5 Å². The second-order valence-electron chi connectivity index (χ2n) is 5.65. The Morgan fingerprint density at radius 2 is 2.12 bits per heavy atom. The molecule has 25 heavy (non-hydrogen) atoms. The van der Waals surface area contributed by atoms with E-state index in [0.717, 1.165) is 6.07 Å². The van der Waals surface area contributed by atoms with Gasteiger partial charge in [-0.05, 0) is 43.2 Å². The first-order valence-corrected chi connectivity index (χ1v) is 9.36. The third kappa shape index (κ3) is 4.15. The lowest BCUT2D eigenvalue weighted by Gasteiger charge is -2.21. The maximum Gasteiger partial charge on any atom is 0.245 e. The normalized spacial score (nSPS) is 14.5. The number of amides is 1. The summed E-state index contributed by atoms with van der Waals surface area (Å²) >= 11 is 5.68. The molecule has 1 heterocycles. The summed E-state index contributed by atoms with van der Waals surface area (Å²) in [6, 6.07) is 6.52. The minimum absolute atomic E-state index is 0.0412. The third-order valence-corrected chi connectivity index (χ3v) is 5.87. The highest BCUT2D eigenvalue weighted by Gasteiger charge is 2.39. The molecular formula is C16H15ClFN3O3S. The van der Waals surface area contributed by atoms with Crippen molar-refractivity contribution in [3.63, 3.8) is 0 Å². The SMILES string of the molecule is O=C(CN(C1CC1)S(=O)(=O)c1cccnc1)Nc1ccc(F)c(Cl)c1. The number of hydrogen-bond acceptors (Lipinski definition) is 4. The van der Waals surface area contributed by atoms with Crippen LogP contribution in [0.15, 0.2) is 47.6 Å². The highest BCUT2D eigenvalue weighted by Crippen LogP contribution is 2.31. The highest BCUT2D eigenvalue weighted by molar-refractivity contribution is 7.89. The summed E-state index contributed by atoms with van der Waals surface area (Å²) in [7, 11) is -3.82. The average molecular weight is 384 g/mol. The van der Waals surface area contributed by atoms with Crippen molar-refractivity contribution in [2.24, 2.45) is 0 Å². The first kappa shape index (κ1) is 17.8. The van der Waals surface area contributed by atoms with Crippen LogP contribution in [0.25, 0.3) is 0 Å². The Balaban J connectivity index is 1.76. The number of nitrogens with zero attached hydrogens (tertiary/aromatic N) is 2. The minimum atomic E-state index is -3.82. The number of halogens is 2. The van der Waals surface area contributed by atoms with E-state index in [1.54, 1.807) is 0 Å². The van der Waals surface area contributed by atoms with Crippen LogP contribution in [0, 0.1) is 5.82 Å². The summed E-state index contributed by atoms with van der Waals surface area (Å²) in [6.45, 7) is -0.336. The molecule has 9 heteroatoms. The predicted molar refractivity (Wildman–Crippen MR) is 91.2 cm³/mol. The number of benzene rings is 1. The zero-order chi connectivity index (χ0) is 18.0. The van der Waals surface area contributed by atoms with Crippen LogP contribution in [-0.4, -0.2) is 36.2 Å². The fourth-order valence-corrected chi connectivity index (χ4v) is 4.11. The number of rotatable bonds is 6. The van der Waals surface area contributed by atoms with E-state index in [1.165, 1.54) is 41.0 Å². The molecule has 0 spiro atoms. The van der Waals surface area contributed by atoms with Crippen LogP contribution in [-0.2, 0) is 14.8 Å². The Hall–Kier alpha value is -2.03. The molecule has 6 nitrogen and oxygen atoms in total. The second kappa shape index (κ2) is 7.07. The van der Waals surface area contributed by atoms with Gasteiger partial charge in [0, 0.05) is 24.1 Å². The Kier molecular flexibility index (Phi) is 5.03. The first-order valence-electron chi connectivity index (χ1n) is 7.55. The van der Waals surface area contributed by atoms with Gasteiger partial charge in [0.15, 0.2) is 0 Å². The van der Waals surface area contributed by atoms with Crippen molar-refractivity contribution in [1.29, 1.82) is 0 Å². The number of sulfonamides is 1. The Bertz CT molecular complexity index is 889. The lowest BCUT2D eigenvalue weighted by molar-refractivity contribution is -0.116. The van der Waals surface area contributed by atoms with Gasteiger partial charge in [-0.1, -0.05) is 11.6 Å². The summed E-state index contributed by atoms with van der Waals surface area (Å²) in [4.78, 5) is 16.1. The molecule has 1 aliphatic carbocycles. The van der Waals surface area contributed by atoms with Gasteiger partial charge in [0.1, 0.15) is 10.7 Å². The van der Waals surface area contributed by atoms with Crippen molar-refractivity contribution in [2.75, 3.05) is 11.9 Å². The molecule has 1 saturated carbocycles. The lowest BCUT2D eigenvalue weighted by Crippen LogP contribution is -2.39. The number of hydrogen-bond donors (Lipinski definition) is 1. The standard InChI is InChI=1S/C16H15ClFN3O3S/c17-14-8-11(3-6-15(14)18)20-16(22)10-21(12-4-5-12)25(23,24)13-2-1-7-19-9-13/h1-3,6-9,12H,4-5,10H2,(H,20,22). The highest BCUT2D eigenvalue weighted by atomic mass is 35.5. The third-order valence-electron chi connectivity index (χ3n) is 3.70. The second-order valence-corrected chi connectivity index (χ2v) is 7.94. The average Bonchev–Trinajstić information content (AvgIpc) is 3.41. The summed E-state index contributed by atoms with van der Waals surface area (Å²) < 4.78 is 39.8. The number of carbonyl (C=O) groups excluding carboxylic acids is 1. The van der Waals surface area contributed by atoms with Gasteiger partial charge in [-0.2, -0.15) is 4.31 Å². The Labute approximate surface area is 149 Å². The molecule has 1 aromatic heterocycles. The predicted octanol–water partition coefficient (Wildman–Crippen LogP) is 2.67. The maximum atomic E-state index is 13.2. The molecule has 1 N–H and O–H groups in total. The van der Waals surface area contributed by atoms with Crippen LogP contribution in [0.1, 0.15) is 12.8 Å². The lowest BCUT2D eigenvalue weighted by atomic mass is 10.3. The molecule has 0 aliphatic heterocycles. The zero-order valence-corrected chi connectivity index (χ0v) is 14.6. The molecule has 3 rings (SSSR count). The van der Waals surface area contributed by atoms with Gasteiger partial charge < -0.3 is 5.32 Å². The number of aromatic nitrogens is 1. The van der Waals surface area contributed by atoms with Crippen LogP contribution < -0.4 is 5.32 Å². The summed E-state index contributed by atoms with van der Waals surface area (Å²) in [5.41, 5.74) is 0.297. The molecule has 1 fully saturated rings. The number of nitrogens with one attached hydrogen (secondary N) is 1. The van der Waals surface area contributed by atoms with Crippen molar-refractivity contribution in [3.05, 3.63) is 53.6 Å². The van der Waals surface area contributed by atoms with Gasteiger partial charge in [0.2, 0.25) is 15.9 Å². The Morgan fingerprint density at radius 1 is 1.36 bits per heavy atom. The molecule has 0 unspecified atom stereocenters. The molecule has 0 radical (unpaired) electrons. The largest absolute Gasteiger partial charge is 0.325 e. The van der Waals surface area contributed by atoms with Gasteiger partial charge >= 0.3 is 0 Å². The summed E-state index contributed by atoms with van der Waals surface area (Å²) in [6.07, 6.45) is 4.14. The smallest absolute Gasteiger partial charge is 0.245 e. The van der Waals surface area contributed by atoms with Crippen LogP contribution in [0.2, 0.25) is 5.02 Å². The van der Waals surface area contributed by atoms with Crippen LogP contribution >= 0.6 is 11.6 Å². The molecule has 0 bridgehead atoms. The quantitative estimate of drug-likeness (QED) is 0.831. The molecule has 132 valence electrons. The van der Waals surface area contributed by atoms with Gasteiger partial charge in [-0.15, -0.1) is 0 Å². The van der Waals surface area contributed by atoms with Crippen LogP contribution in [0.3, 0.4) is 0 Å². The van der Waals surface area contributed by atoms with Gasteiger partial charge in [0.25, 0.3) is 0 Å². The molecule has 1 aliphatic rings. The minimum Gasteiger partial charge on any atom is -0.325 e. The molecule has 0 saturated heterocycles. The number of carbonyl (C=O) groups is 1. The van der Waals surface area contributed by atoms with Gasteiger partial charge in [-0.25, -0.2) is 12.8 Å². The fraction of sp³-hybridized carbons (Fsp3) is 0.250. The van der Waals surface area contributed by atoms with E-state index < -0.39 is 21.7 Å². The van der Waals surface area contributed by atoms with E-state index in [9.17, 15) is 17.6 Å². The molecule has 1 amide bonds. The zero-order valence-electron chi connectivity index (χ0n) is 13.0. The number of anilines is 1. The number of pyridine rings is 1. The summed E-state index contributed by atoms with van der Waals surface area (Å²) in [5.74, 6) is -1.12. The summed E-state index contributed by atoms with van der Waals surface area (Å²) in [5, 5.41) is 2.41. The monoisotopic (exact) mass is 383 g/mol. The van der Waals surface area contributed by atoms with Crippen molar-refractivity contribution in [1.82, 2.24) is 9.29 Å². The van der Waals surface area contributed by atoms with Crippen molar-refractivity contribution in [3.8, 4) is 0 Å². The van der Waals surface area contributed by atoms with Crippen LogP contribution in [0.4, 0.5) is 10.1 Å². The van der Waals surface area contributed by atoms with Crippen molar-refractivity contribution in [2.45, 2.75) is 23.8 Å². The maximum absolute atomic E-state index is 13.2. The van der Waals surface area contributed by atoms with Crippen molar-refractivity contribution >= 4 is 33.2 Å². The molecule has 2 aromatic rings. The molecular weight excluding hydrogens is 369 g/mol. The Morgan fingerprint density at radius 3 is 2.72 bits per heavy atom. The molecule has 0 atom stereocenters. The van der Waals surface area contributed by atoms with E-state index in [2.05, 4.69) is 10.3 Å². The van der Waals surface area contributed by atoms with E-state index in [-0.39, 0.29) is 22.5 Å². The topological polar surface area (TPSA) is 79.4 Å². The van der Waals surface area contributed by atoms with Crippen LogP contribution in [0.5, 0.6) is 0 Å². The van der Waals surface area contributed by atoms with Crippen molar-refractivity contribution < 1.29 is 17.6 Å². The van der Waals surface area contributed by atoms with Gasteiger partial charge in [0.05, 0.1) is 11.6 Å².